The molecule has 6 nitrogen and oxygen atoms in total. The van der Waals surface area contributed by atoms with Crippen molar-refractivity contribution in [1.29, 1.82) is 0 Å². The second-order valence-electron chi connectivity index (χ2n) is 7.68. The van der Waals surface area contributed by atoms with Gasteiger partial charge >= 0.3 is 6.18 Å². The SMILES string of the molecule is Cc1nc2c(c(N3CCCCC3)n1)CN(S(=O)(=O)c1cccc(C(F)(F)F)c1)CC2. The third-order valence-electron chi connectivity index (χ3n) is 5.57. The van der Waals surface area contributed by atoms with E-state index in [1.807, 2.05) is 6.92 Å². The lowest BCUT2D eigenvalue weighted by atomic mass is 10.1. The Morgan fingerprint density at radius 1 is 1.03 bits per heavy atom. The van der Waals surface area contributed by atoms with Crippen molar-refractivity contribution >= 4 is 15.8 Å². The van der Waals surface area contributed by atoms with E-state index < -0.39 is 21.8 Å². The molecule has 162 valence electrons. The first-order chi connectivity index (χ1) is 14.2. The van der Waals surface area contributed by atoms with Crippen LogP contribution in [-0.4, -0.2) is 42.3 Å². The van der Waals surface area contributed by atoms with E-state index in [1.54, 1.807) is 0 Å². The summed E-state index contributed by atoms with van der Waals surface area (Å²) in [6.45, 7) is 3.74. The van der Waals surface area contributed by atoms with Crippen LogP contribution in [0.25, 0.3) is 0 Å². The molecule has 1 aromatic heterocycles. The van der Waals surface area contributed by atoms with Crippen molar-refractivity contribution in [2.75, 3.05) is 24.5 Å². The van der Waals surface area contributed by atoms with Crippen LogP contribution in [0.3, 0.4) is 0 Å². The molecule has 3 heterocycles. The van der Waals surface area contributed by atoms with Gasteiger partial charge in [0.15, 0.2) is 0 Å². The van der Waals surface area contributed by atoms with Gasteiger partial charge in [0.25, 0.3) is 0 Å². The molecule has 4 rings (SSSR count). The summed E-state index contributed by atoms with van der Waals surface area (Å²) in [4.78, 5) is 10.9. The van der Waals surface area contributed by atoms with E-state index in [9.17, 15) is 21.6 Å². The number of hydrogen-bond donors (Lipinski definition) is 0. The van der Waals surface area contributed by atoms with Gasteiger partial charge in [-0.1, -0.05) is 6.07 Å². The Kier molecular flexibility index (Phi) is 5.48. The van der Waals surface area contributed by atoms with E-state index in [-0.39, 0.29) is 18.0 Å². The summed E-state index contributed by atoms with van der Waals surface area (Å²) in [5, 5.41) is 0. The van der Waals surface area contributed by atoms with Gasteiger partial charge in [-0.15, -0.1) is 0 Å². The predicted molar refractivity (Wildman–Crippen MR) is 106 cm³/mol. The van der Waals surface area contributed by atoms with Crippen molar-refractivity contribution in [1.82, 2.24) is 14.3 Å². The normalized spacial score (nSPS) is 18.3. The van der Waals surface area contributed by atoms with E-state index in [0.29, 0.717) is 18.3 Å². The molecular formula is C20H23F3N4O2S. The Bertz CT molecular complexity index is 1050. The van der Waals surface area contributed by atoms with E-state index in [4.69, 9.17) is 0 Å². The fourth-order valence-corrected chi connectivity index (χ4v) is 5.50. The number of piperidine rings is 1. The van der Waals surface area contributed by atoms with Crippen LogP contribution >= 0.6 is 0 Å². The molecule has 0 aliphatic carbocycles. The molecule has 1 aromatic carbocycles. The Morgan fingerprint density at radius 3 is 2.47 bits per heavy atom. The molecule has 0 unspecified atom stereocenters. The molecule has 30 heavy (non-hydrogen) atoms. The summed E-state index contributed by atoms with van der Waals surface area (Å²) in [7, 11) is -4.09. The zero-order chi connectivity index (χ0) is 21.5. The zero-order valence-corrected chi connectivity index (χ0v) is 17.4. The first-order valence-corrected chi connectivity index (χ1v) is 11.4. The summed E-state index contributed by atoms with van der Waals surface area (Å²) < 4.78 is 66.7. The van der Waals surface area contributed by atoms with Crippen LogP contribution < -0.4 is 4.90 Å². The lowest BCUT2D eigenvalue weighted by Gasteiger charge is -2.34. The summed E-state index contributed by atoms with van der Waals surface area (Å²) in [5.74, 6) is 1.39. The number of halogens is 3. The summed E-state index contributed by atoms with van der Waals surface area (Å²) >= 11 is 0. The average molecular weight is 440 g/mol. The number of alkyl halides is 3. The van der Waals surface area contributed by atoms with Crippen LogP contribution in [0.4, 0.5) is 19.0 Å². The van der Waals surface area contributed by atoms with Gasteiger partial charge in [0, 0.05) is 38.2 Å². The molecule has 0 saturated carbocycles. The molecule has 0 atom stereocenters. The van der Waals surface area contributed by atoms with E-state index in [1.165, 1.54) is 10.4 Å². The number of sulfonamides is 1. The van der Waals surface area contributed by atoms with Gasteiger partial charge in [0.1, 0.15) is 11.6 Å². The first-order valence-electron chi connectivity index (χ1n) is 9.95. The second kappa shape index (κ2) is 7.81. The highest BCUT2D eigenvalue weighted by atomic mass is 32.2. The van der Waals surface area contributed by atoms with Crippen LogP contribution in [0.1, 0.15) is 41.9 Å². The van der Waals surface area contributed by atoms with Gasteiger partial charge in [-0.2, -0.15) is 17.5 Å². The van der Waals surface area contributed by atoms with Crippen molar-refractivity contribution in [2.45, 2.75) is 50.2 Å². The molecule has 0 radical (unpaired) electrons. The molecule has 2 aromatic rings. The maximum Gasteiger partial charge on any atom is 0.416 e. The van der Waals surface area contributed by atoms with Crippen molar-refractivity contribution < 1.29 is 21.6 Å². The summed E-state index contributed by atoms with van der Waals surface area (Å²) in [5.41, 5.74) is 0.594. The zero-order valence-electron chi connectivity index (χ0n) is 16.6. The molecule has 0 spiro atoms. The highest BCUT2D eigenvalue weighted by molar-refractivity contribution is 7.89. The molecule has 10 heteroatoms. The molecule has 2 aliphatic heterocycles. The molecule has 1 fully saturated rings. The molecule has 0 amide bonds. The van der Waals surface area contributed by atoms with Crippen LogP contribution in [0.5, 0.6) is 0 Å². The molecule has 2 aliphatic rings. The minimum atomic E-state index is -4.60. The van der Waals surface area contributed by atoms with Gasteiger partial charge in [-0.25, -0.2) is 18.4 Å². The fraction of sp³-hybridized carbons (Fsp3) is 0.500. The number of rotatable bonds is 3. The second-order valence-corrected chi connectivity index (χ2v) is 9.62. The number of anilines is 1. The van der Waals surface area contributed by atoms with Gasteiger partial charge < -0.3 is 4.90 Å². The highest BCUT2D eigenvalue weighted by Crippen LogP contribution is 2.34. The monoisotopic (exact) mass is 440 g/mol. The number of fused-ring (bicyclic) bond motifs is 1. The number of benzene rings is 1. The number of aromatic nitrogens is 2. The third-order valence-corrected chi connectivity index (χ3v) is 7.41. The molecule has 0 bridgehead atoms. The van der Waals surface area contributed by atoms with Gasteiger partial charge in [-0.3, -0.25) is 0 Å². The maximum absolute atomic E-state index is 13.1. The van der Waals surface area contributed by atoms with Crippen LogP contribution in [0, 0.1) is 6.92 Å². The van der Waals surface area contributed by atoms with Crippen molar-refractivity contribution in [3.63, 3.8) is 0 Å². The van der Waals surface area contributed by atoms with E-state index >= 15 is 0 Å². The van der Waals surface area contributed by atoms with Crippen LogP contribution in [0.2, 0.25) is 0 Å². The average Bonchev–Trinajstić information content (AvgIpc) is 2.73. The standard InChI is InChI=1S/C20H23F3N4O2S/c1-14-24-18-8-11-27(13-17(18)19(25-14)26-9-3-2-4-10-26)30(28,29)16-7-5-6-15(12-16)20(21,22)23/h5-7,12H,2-4,8-11,13H2,1H3. The minimum Gasteiger partial charge on any atom is -0.356 e. The lowest BCUT2D eigenvalue weighted by Crippen LogP contribution is -2.39. The van der Waals surface area contributed by atoms with E-state index in [0.717, 1.165) is 61.6 Å². The van der Waals surface area contributed by atoms with Gasteiger partial charge in [0.2, 0.25) is 10.0 Å². The largest absolute Gasteiger partial charge is 0.416 e. The van der Waals surface area contributed by atoms with E-state index in [2.05, 4.69) is 14.9 Å². The Balaban J connectivity index is 1.68. The van der Waals surface area contributed by atoms with Crippen molar-refractivity contribution in [3.05, 3.63) is 46.9 Å². The Hall–Kier alpha value is -2.20. The molecular weight excluding hydrogens is 417 g/mol. The molecule has 1 saturated heterocycles. The minimum absolute atomic E-state index is 0.0556. The van der Waals surface area contributed by atoms with Crippen molar-refractivity contribution in [3.8, 4) is 0 Å². The topological polar surface area (TPSA) is 66.4 Å². The summed E-state index contributed by atoms with van der Waals surface area (Å²) in [6, 6.07) is 3.90. The highest BCUT2D eigenvalue weighted by Gasteiger charge is 2.35. The maximum atomic E-state index is 13.1. The molecule has 0 N–H and O–H groups in total. The smallest absolute Gasteiger partial charge is 0.356 e. The fourth-order valence-electron chi connectivity index (χ4n) is 4.05. The van der Waals surface area contributed by atoms with Crippen molar-refractivity contribution in [2.24, 2.45) is 0 Å². The number of hydrogen-bond acceptors (Lipinski definition) is 5. The third kappa shape index (κ3) is 4.02. The number of nitrogens with zero attached hydrogens (tertiary/aromatic N) is 4. The van der Waals surface area contributed by atoms with Gasteiger partial charge in [0.05, 0.1) is 16.2 Å². The lowest BCUT2D eigenvalue weighted by molar-refractivity contribution is -0.137. The summed E-state index contributed by atoms with van der Waals surface area (Å²) in [6.07, 6.45) is -0.961. The first kappa shape index (κ1) is 21.0. The quantitative estimate of drug-likeness (QED) is 0.731. The Labute approximate surface area is 173 Å². The van der Waals surface area contributed by atoms with Crippen LogP contribution in [-0.2, 0) is 29.2 Å². The Morgan fingerprint density at radius 2 is 1.77 bits per heavy atom. The number of aryl methyl sites for hydroxylation is 1. The van der Waals surface area contributed by atoms with Gasteiger partial charge in [-0.05, 0) is 44.4 Å². The predicted octanol–water partition coefficient (Wildman–Crippen LogP) is 3.54. The van der Waals surface area contributed by atoms with Crippen LogP contribution in [0.15, 0.2) is 29.2 Å².